The van der Waals surface area contributed by atoms with Crippen molar-refractivity contribution >= 4 is 10.8 Å². The first-order valence-corrected chi connectivity index (χ1v) is 10.9. The molecule has 3 fully saturated rings. The summed E-state index contributed by atoms with van der Waals surface area (Å²) in [5.74, 6) is 1.82. The van der Waals surface area contributed by atoms with E-state index in [0.29, 0.717) is 12.6 Å². The van der Waals surface area contributed by atoms with Crippen molar-refractivity contribution in [1.82, 2.24) is 10.2 Å². The summed E-state index contributed by atoms with van der Waals surface area (Å²) >= 11 is 0. The third-order valence-electron chi connectivity index (χ3n) is 6.71. The third-order valence-corrected chi connectivity index (χ3v) is 6.71. The SMILES string of the molecule is Cc1ccc(COc2ccc3ccccc3c2CNC2CN3CCC2CC3)cc1. The van der Waals surface area contributed by atoms with Crippen molar-refractivity contribution in [3.63, 3.8) is 0 Å². The quantitative estimate of drug-likeness (QED) is 0.651. The van der Waals surface area contributed by atoms with Gasteiger partial charge in [0.2, 0.25) is 0 Å². The molecule has 3 heteroatoms. The Bertz CT molecular complexity index is 974. The Morgan fingerprint density at radius 1 is 0.966 bits per heavy atom. The molecule has 0 radical (unpaired) electrons. The van der Waals surface area contributed by atoms with Crippen LogP contribution in [0.2, 0.25) is 0 Å². The molecule has 6 rings (SSSR count). The van der Waals surface area contributed by atoms with Crippen LogP contribution in [0.25, 0.3) is 10.8 Å². The summed E-state index contributed by atoms with van der Waals surface area (Å²) in [7, 11) is 0. The fourth-order valence-electron chi connectivity index (χ4n) is 4.91. The molecular weight excluding hydrogens is 356 g/mol. The number of benzene rings is 3. The van der Waals surface area contributed by atoms with Gasteiger partial charge in [-0.25, -0.2) is 0 Å². The van der Waals surface area contributed by atoms with Crippen molar-refractivity contribution in [2.75, 3.05) is 19.6 Å². The van der Waals surface area contributed by atoms with E-state index < -0.39 is 0 Å². The van der Waals surface area contributed by atoms with Gasteiger partial charge in [0.05, 0.1) is 0 Å². The van der Waals surface area contributed by atoms with Gasteiger partial charge < -0.3 is 15.0 Å². The first-order chi connectivity index (χ1) is 14.3. The van der Waals surface area contributed by atoms with Crippen LogP contribution in [0.4, 0.5) is 0 Å². The van der Waals surface area contributed by atoms with Crippen molar-refractivity contribution in [3.8, 4) is 5.75 Å². The molecule has 3 saturated heterocycles. The van der Waals surface area contributed by atoms with E-state index in [4.69, 9.17) is 4.74 Å². The summed E-state index contributed by atoms with van der Waals surface area (Å²) in [5.41, 5.74) is 3.77. The molecule has 0 amide bonds. The molecule has 0 aliphatic carbocycles. The van der Waals surface area contributed by atoms with Crippen LogP contribution in [0, 0.1) is 12.8 Å². The van der Waals surface area contributed by atoms with Gasteiger partial charge in [0.25, 0.3) is 0 Å². The molecule has 0 spiro atoms. The number of nitrogens with zero attached hydrogens (tertiary/aromatic N) is 1. The number of rotatable bonds is 6. The highest BCUT2D eigenvalue weighted by Crippen LogP contribution is 2.31. The molecule has 1 unspecified atom stereocenters. The zero-order valence-electron chi connectivity index (χ0n) is 17.2. The van der Waals surface area contributed by atoms with Crippen molar-refractivity contribution in [2.45, 2.75) is 39.0 Å². The Hall–Kier alpha value is -2.36. The Morgan fingerprint density at radius 3 is 2.52 bits per heavy atom. The molecule has 3 aliphatic rings. The van der Waals surface area contributed by atoms with Crippen molar-refractivity contribution in [3.05, 3.63) is 77.4 Å². The molecule has 3 aliphatic heterocycles. The van der Waals surface area contributed by atoms with E-state index in [1.165, 1.54) is 59.9 Å². The van der Waals surface area contributed by atoms with E-state index in [2.05, 4.69) is 77.8 Å². The lowest BCUT2D eigenvalue weighted by molar-refractivity contribution is 0.0719. The maximum atomic E-state index is 6.32. The van der Waals surface area contributed by atoms with Gasteiger partial charge in [-0.2, -0.15) is 0 Å². The molecule has 3 aromatic rings. The Labute approximate surface area is 173 Å². The Kier molecular flexibility index (Phi) is 5.26. The van der Waals surface area contributed by atoms with Crippen LogP contribution >= 0.6 is 0 Å². The van der Waals surface area contributed by atoms with Gasteiger partial charge in [0, 0.05) is 24.7 Å². The number of piperidine rings is 3. The number of hydrogen-bond donors (Lipinski definition) is 1. The van der Waals surface area contributed by atoms with Gasteiger partial charge in [-0.05, 0) is 61.2 Å². The largest absolute Gasteiger partial charge is 0.489 e. The van der Waals surface area contributed by atoms with Crippen LogP contribution in [0.3, 0.4) is 0 Å². The topological polar surface area (TPSA) is 24.5 Å². The number of aryl methyl sites for hydroxylation is 1. The molecule has 2 bridgehead atoms. The molecule has 1 N–H and O–H groups in total. The maximum Gasteiger partial charge on any atom is 0.124 e. The lowest BCUT2D eigenvalue weighted by Crippen LogP contribution is -2.55. The first kappa shape index (κ1) is 18.7. The molecule has 0 aromatic heterocycles. The summed E-state index contributed by atoms with van der Waals surface area (Å²) in [5, 5.41) is 6.46. The molecular formula is C26H30N2O. The van der Waals surface area contributed by atoms with Gasteiger partial charge in [-0.15, -0.1) is 0 Å². The van der Waals surface area contributed by atoms with E-state index in [1.54, 1.807) is 0 Å². The van der Waals surface area contributed by atoms with Crippen LogP contribution in [0.1, 0.15) is 29.5 Å². The number of ether oxygens (including phenoxy) is 1. The minimum Gasteiger partial charge on any atom is -0.489 e. The predicted molar refractivity (Wildman–Crippen MR) is 119 cm³/mol. The van der Waals surface area contributed by atoms with Crippen LogP contribution in [0.15, 0.2) is 60.7 Å². The van der Waals surface area contributed by atoms with Crippen LogP contribution in [0.5, 0.6) is 5.75 Å². The smallest absolute Gasteiger partial charge is 0.124 e. The molecule has 150 valence electrons. The van der Waals surface area contributed by atoms with Crippen molar-refractivity contribution < 1.29 is 4.74 Å². The van der Waals surface area contributed by atoms with E-state index in [0.717, 1.165) is 18.2 Å². The fraction of sp³-hybridized carbons (Fsp3) is 0.385. The second-order valence-corrected chi connectivity index (χ2v) is 8.66. The van der Waals surface area contributed by atoms with Crippen LogP contribution in [-0.4, -0.2) is 30.6 Å². The summed E-state index contributed by atoms with van der Waals surface area (Å²) < 4.78 is 6.32. The van der Waals surface area contributed by atoms with Gasteiger partial charge in [-0.3, -0.25) is 0 Å². The monoisotopic (exact) mass is 386 g/mol. The summed E-state index contributed by atoms with van der Waals surface area (Å²) in [6, 6.07) is 22.2. The van der Waals surface area contributed by atoms with Crippen LogP contribution in [-0.2, 0) is 13.2 Å². The van der Waals surface area contributed by atoms with Gasteiger partial charge >= 0.3 is 0 Å². The zero-order chi connectivity index (χ0) is 19.6. The first-order valence-electron chi connectivity index (χ1n) is 10.9. The van der Waals surface area contributed by atoms with E-state index >= 15 is 0 Å². The summed E-state index contributed by atoms with van der Waals surface area (Å²) in [6.45, 7) is 7.33. The summed E-state index contributed by atoms with van der Waals surface area (Å²) in [6.07, 6.45) is 2.67. The predicted octanol–water partition coefficient (Wildman–Crippen LogP) is 4.91. The van der Waals surface area contributed by atoms with E-state index in [9.17, 15) is 0 Å². The average Bonchev–Trinajstić information content (AvgIpc) is 2.78. The van der Waals surface area contributed by atoms with Gasteiger partial charge in [0.15, 0.2) is 0 Å². The Balaban J connectivity index is 1.37. The number of fused-ring (bicyclic) bond motifs is 4. The van der Waals surface area contributed by atoms with Crippen molar-refractivity contribution in [1.29, 1.82) is 0 Å². The number of nitrogens with one attached hydrogen (secondary N) is 1. The highest BCUT2D eigenvalue weighted by molar-refractivity contribution is 5.87. The highest BCUT2D eigenvalue weighted by atomic mass is 16.5. The lowest BCUT2D eigenvalue weighted by Gasteiger charge is -2.45. The molecule has 3 aromatic carbocycles. The standard InChI is InChI=1S/C26H30N2O/c1-19-6-8-20(9-7-19)18-29-26-11-10-21-4-2-3-5-23(21)24(26)16-27-25-17-28-14-12-22(25)13-15-28/h2-11,22,25,27H,12-18H2,1H3. The second kappa shape index (κ2) is 8.17. The third kappa shape index (κ3) is 4.03. The van der Waals surface area contributed by atoms with Gasteiger partial charge in [-0.1, -0.05) is 60.2 Å². The molecule has 29 heavy (non-hydrogen) atoms. The number of hydrogen-bond acceptors (Lipinski definition) is 3. The Morgan fingerprint density at radius 2 is 1.76 bits per heavy atom. The summed E-state index contributed by atoms with van der Waals surface area (Å²) in [4.78, 5) is 2.61. The van der Waals surface area contributed by atoms with E-state index in [-0.39, 0.29) is 0 Å². The minimum atomic E-state index is 0.599. The minimum absolute atomic E-state index is 0.599. The fourth-order valence-corrected chi connectivity index (χ4v) is 4.91. The molecule has 1 atom stereocenters. The average molecular weight is 387 g/mol. The van der Waals surface area contributed by atoms with Crippen LogP contribution < -0.4 is 10.1 Å². The second-order valence-electron chi connectivity index (χ2n) is 8.66. The van der Waals surface area contributed by atoms with Crippen molar-refractivity contribution in [2.24, 2.45) is 5.92 Å². The molecule has 0 saturated carbocycles. The maximum absolute atomic E-state index is 6.32. The molecule has 3 heterocycles. The normalized spacial score (nSPS) is 23.4. The lowest BCUT2D eigenvalue weighted by atomic mass is 9.84. The molecule has 3 nitrogen and oxygen atoms in total. The van der Waals surface area contributed by atoms with Gasteiger partial charge in [0.1, 0.15) is 12.4 Å². The van der Waals surface area contributed by atoms with E-state index in [1.807, 2.05) is 0 Å². The highest BCUT2D eigenvalue weighted by Gasteiger charge is 2.33. The zero-order valence-corrected chi connectivity index (χ0v) is 17.2.